The van der Waals surface area contributed by atoms with Crippen LogP contribution in [0, 0.1) is 0 Å². The van der Waals surface area contributed by atoms with E-state index < -0.39 is 0 Å². The lowest BCUT2D eigenvalue weighted by Gasteiger charge is -2.35. The Morgan fingerprint density at radius 2 is 1.84 bits per heavy atom. The Morgan fingerprint density at radius 3 is 2.48 bits per heavy atom. The minimum absolute atomic E-state index is 0.00867. The van der Waals surface area contributed by atoms with Crippen LogP contribution in [0.2, 0.25) is 0 Å². The van der Waals surface area contributed by atoms with Gasteiger partial charge >= 0.3 is 0 Å². The summed E-state index contributed by atoms with van der Waals surface area (Å²) < 4.78 is 12.9. The number of rotatable bonds is 3. The van der Waals surface area contributed by atoms with Crippen LogP contribution < -0.4 is 4.74 Å². The average molecular weight is 423 g/mol. The van der Waals surface area contributed by atoms with Crippen molar-refractivity contribution < 1.29 is 14.3 Å². The van der Waals surface area contributed by atoms with Crippen LogP contribution in [0.1, 0.15) is 50.8 Å². The number of fused-ring (bicyclic) bond motifs is 1. The van der Waals surface area contributed by atoms with Crippen molar-refractivity contribution in [2.24, 2.45) is 0 Å². The van der Waals surface area contributed by atoms with E-state index in [9.17, 15) is 4.79 Å². The monoisotopic (exact) mass is 422 g/mol. The number of amides is 1. The molecule has 1 aliphatic rings. The smallest absolute Gasteiger partial charge is 0.272 e. The molecule has 1 aliphatic heterocycles. The van der Waals surface area contributed by atoms with Crippen molar-refractivity contribution >= 4 is 11.6 Å². The molecule has 2 aromatic heterocycles. The standard InChI is InChI=1S/C24H30N4O3/c1-15-13-27(14-16(2)31-15)23(29)20-11-19(17-8-7-9-18(10-17)30-6)25-22-12-21(24(3,4)5)26-28(20)22/h7-12,15-16H,13-14H2,1-6H3. The van der Waals surface area contributed by atoms with E-state index >= 15 is 0 Å². The highest BCUT2D eigenvalue weighted by Gasteiger charge is 2.29. The normalized spacial score (nSPS) is 19.6. The third-order valence-corrected chi connectivity index (χ3v) is 5.49. The molecule has 1 fully saturated rings. The second-order valence-electron chi connectivity index (χ2n) is 9.28. The summed E-state index contributed by atoms with van der Waals surface area (Å²) in [4.78, 5) is 20.3. The predicted octanol–water partition coefficient (Wildman–Crippen LogP) is 3.95. The van der Waals surface area contributed by atoms with Crippen LogP contribution in [-0.2, 0) is 10.2 Å². The van der Waals surface area contributed by atoms with E-state index in [1.54, 1.807) is 11.6 Å². The van der Waals surface area contributed by atoms with Gasteiger partial charge in [0.05, 0.1) is 30.7 Å². The van der Waals surface area contributed by atoms with Crippen molar-refractivity contribution in [1.29, 1.82) is 0 Å². The zero-order chi connectivity index (χ0) is 22.3. The van der Waals surface area contributed by atoms with Gasteiger partial charge in [0.15, 0.2) is 5.65 Å². The Balaban J connectivity index is 1.86. The van der Waals surface area contributed by atoms with Gasteiger partial charge in [-0.15, -0.1) is 0 Å². The number of carbonyl (C=O) groups is 1. The van der Waals surface area contributed by atoms with E-state index in [1.165, 1.54) is 0 Å². The van der Waals surface area contributed by atoms with Gasteiger partial charge in [0.1, 0.15) is 11.4 Å². The fourth-order valence-corrected chi connectivity index (χ4v) is 3.93. The molecule has 3 aromatic rings. The van der Waals surface area contributed by atoms with Crippen LogP contribution in [0.15, 0.2) is 36.4 Å². The summed E-state index contributed by atoms with van der Waals surface area (Å²) in [5, 5.41) is 4.76. The molecule has 3 heterocycles. The lowest BCUT2D eigenvalue weighted by atomic mass is 9.93. The first kappa shape index (κ1) is 21.3. The number of aromatic nitrogens is 3. The third-order valence-electron chi connectivity index (χ3n) is 5.49. The highest BCUT2D eigenvalue weighted by molar-refractivity contribution is 5.94. The van der Waals surface area contributed by atoms with Crippen LogP contribution in [0.25, 0.3) is 16.9 Å². The number of nitrogens with zero attached hydrogens (tertiary/aromatic N) is 4. The van der Waals surface area contributed by atoms with E-state index in [1.807, 2.05) is 55.1 Å². The first-order valence-electron chi connectivity index (χ1n) is 10.7. The maximum Gasteiger partial charge on any atom is 0.272 e. The summed E-state index contributed by atoms with van der Waals surface area (Å²) in [5.41, 5.74) is 3.48. The lowest BCUT2D eigenvalue weighted by Crippen LogP contribution is -2.48. The van der Waals surface area contributed by atoms with Gasteiger partial charge in [-0.3, -0.25) is 4.79 Å². The van der Waals surface area contributed by atoms with E-state index in [4.69, 9.17) is 19.6 Å². The van der Waals surface area contributed by atoms with Gasteiger partial charge in [0, 0.05) is 30.1 Å². The summed E-state index contributed by atoms with van der Waals surface area (Å²) in [6.45, 7) is 11.4. The zero-order valence-electron chi connectivity index (χ0n) is 19.0. The fraction of sp³-hybridized carbons (Fsp3) is 0.458. The number of hydrogen-bond donors (Lipinski definition) is 0. The first-order valence-corrected chi connectivity index (χ1v) is 10.7. The molecule has 4 rings (SSSR count). The number of benzene rings is 1. The van der Waals surface area contributed by atoms with Crippen molar-refractivity contribution in [1.82, 2.24) is 19.5 Å². The van der Waals surface area contributed by atoms with Crippen molar-refractivity contribution in [2.45, 2.75) is 52.2 Å². The van der Waals surface area contributed by atoms with E-state index in [0.29, 0.717) is 30.1 Å². The molecule has 0 bridgehead atoms. The second kappa shape index (κ2) is 7.96. The molecule has 31 heavy (non-hydrogen) atoms. The van der Waals surface area contributed by atoms with Crippen molar-refractivity contribution in [3.63, 3.8) is 0 Å². The first-order chi connectivity index (χ1) is 14.7. The summed E-state index contributed by atoms with van der Waals surface area (Å²) in [5.74, 6) is 0.675. The molecule has 0 N–H and O–H groups in total. The Bertz CT molecular complexity index is 1110. The molecule has 1 saturated heterocycles. The van der Waals surface area contributed by atoms with Gasteiger partial charge in [-0.05, 0) is 32.0 Å². The second-order valence-corrected chi connectivity index (χ2v) is 9.28. The summed E-state index contributed by atoms with van der Waals surface area (Å²) in [6, 6.07) is 11.5. The minimum atomic E-state index is -0.161. The molecule has 164 valence electrons. The summed E-state index contributed by atoms with van der Waals surface area (Å²) >= 11 is 0. The molecule has 1 aromatic carbocycles. The maximum atomic E-state index is 13.6. The van der Waals surface area contributed by atoms with Gasteiger partial charge in [-0.2, -0.15) is 5.10 Å². The van der Waals surface area contributed by atoms with Crippen LogP contribution >= 0.6 is 0 Å². The molecule has 7 nitrogen and oxygen atoms in total. The quantitative estimate of drug-likeness (QED) is 0.639. The highest BCUT2D eigenvalue weighted by Crippen LogP contribution is 2.27. The van der Waals surface area contributed by atoms with Crippen LogP contribution in [0.4, 0.5) is 0 Å². The predicted molar refractivity (Wildman–Crippen MR) is 120 cm³/mol. The lowest BCUT2D eigenvalue weighted by molar-refractivity contribution is -0.0588. The average Bonchev–Trinajstić information content (AvgIpc) is 3.16. The topological polar surface area (TPSA) is 69.0 Å². The number of carbonyl (C=O) groups excluding carboxylic acids is 1. The van der Waals surface area contributed by atoms with Gasteiger partial charge in [0.25, 0.3) is 5.91 Å². The molecular formula is C24H30N4O3. The van der Waals surface area contributed by atoms with Crippen molar-refractivity contribution in [2.75, 3.05) is 20.2 Å². The van der Waals surface area contributed by atoms with Gasteiger partial charge < -0.3 is 14.4 Å². The molecule has 7 heteroatoms. The molecule has 0 aliphatic carbocycles. The van der Waals surface area contributed by atoms with Gasteiger partial charge in [0.2, 0.25) is 0 Å². The molecule has 2 unspecified atom stereocenters. The SMILES string of the molecule is COc1cccc(-c2cc(C(=O)N3CC(C)OC(C)C3)n3nc(C(C)(C)C)cc3n2)c1. The minimum Gasteiger partial charge on any atom is -0.497 e. The summed E-state index contributed by atoms with van der Waals surface area (Å²) in [7, 11) is 1.64. The molecule has 0 spiro atoms. The zero-order valence-corrected chi connectivity index (χ0v) is 19.0. The largest absolute Gasteiger partial charge is 0.497 e. The number of hydrogen-bond acceptors (Lipinski definition) is 5. The molecule has 2 atom stereocenters. The summed E-state index contributed by atoms with van der Waals surface area (Å²) in [6.07, 6.45) is -0.0173. The van der Waals surface area contributed by atoms with Gasteiger partial charge in [-0.1, -0.05) is 32.9 Å². The maximum absolute atomic E-state index is 13.6. The number of morpholine rings is 1. The third kappa shape index (κ3) is 4.28. The Hall–Kier alpha value is -2.93. The molecular weight excluding hydrogens is 392 g/mol. The van der Waals surface area contributed by atoms with Crippen molar-refractivity contribution in [3.8, 4) is 17.0 Å². The fourth-order valence-electron chi connectivity index (χ4n) is 3.93. The molecule has 1 amide bonds. The van der Waals surface area contributed by atoms with Crippen LogP contribution in [0.5, 0.6) is 5.75 Å². The Morgan fingerprint density at radius 1 is 1.13 bits per heavy atom. The van der Waals surface area contributed by atoms with E-state index in [2.05, 4.69) is 20.8 Å². The Labute approximate surface area is 183 Å². The number of ether oxygens (including phenoxy) is 2. The van der Waals surface area contributed by atoms with Crippen LogP contribution in [0.3, 0.4) is 0 Å². The van der Waals surface area contributed by atoms with E-state index in [0.717, 1.165) is 17.0 Å². The van der Waals surface area contributed by atoms with Crippen molar-refractivity contribution in [3.05, 3.63) is 47.8 Å². The van der Waals surface area contributed by atoms with Gasteiger partial charge in [-0.25, -0.2) is 9.50 Å². The Kier molecular flexibility index (Phi) is 5.47. The highest BCUT2D eigenvalue weighted by atomic mass is 16.5. The number of methoxy groups -OCH3 is 1. The van der Waals surface area contributed by atoms with Crippen LogP contribution in [-0.4, -0.2) is 57.8 Å². The molecule has 0 radical (unpaired) electrons. The van der Waals surface area contributed by atoms with E-state index in [-0.39, 0.29) is 23.5 Å². The molecule has 0 saturated carbocycles.